The van der Waals surface area contributed by atoms with Crippen LogP contribution >= 0.6 is 0 Å². The Hall–Kier alpha value is -3.18. The molecule has 27 heavy (non-hydrogen) atoms. The quantitative estimate of drug-likeness (QED) is 0.419. The highest BCUT2D eigenvalue weighted by Crippen LogP contribution is 2.56. The van der Waals surface area contributed by atoms with Gasteiger partial charge in [-0.3, -0.25) is 20.2 Å². The van der Waals surface area contributed by atoms with Crippen LogP contribution in [0.3, 0.4) is 0 Å². The lowest BCUT2D eigenvalue weighted by atomic mass is 9.72. The highest BCUT2D eigenvalue weighted by Gasteiger charge is 2.72. The molecule has 2 aromatic rings. The van der Waals surface area contributed by atoms with Crippen molar-refractivity contribution in [1.29, 1.82) is 0 Å². The van der Waals surface area contributed by atoms with Gasteiger partial charge in [0.2, 0.25) is 5.41 Å². The summed E-state index contributed by atoms with van der Waals surface area (Å²) in [6.45, 7) is 0. The van der Waals surface area contributed by atoms with Gasteiger partial charge in [-0.25, -0.2) is 0 Å². The molecule has 0 radical (unpaired) electrons. The van der Waals surface area contributed by atoms with Crippen molar-refractivity contribution in [3.63, 3.8) is 0 Å². The van der Waals surface area contributed by atoms with Crippen molar-refractivity contribution in [3.05, 3.63) is 79.9 Å². The second-order valence-corrected chi connectivity index (χ2v) is 5.36. The molecule has 0 heterocycles. The molecule has 12 heteroatoms. The Morgan fingerprint density at radius 1 is 0.667 bits per heavy atom. The highest BCUT2D eigenvalue weighted by molar-refractivity contribution is 5.51. The minimum Gasteiger partial charge on any atom is -0.258 e. The molecule has 2 aromatic carbocycles. The molecule has 0 aromatic heterocycles. The molecule has 144 valence electrons. The van der Waals surface area contributed by atoms with E-state index in [1.165, 1.54) is 0 Å². The van der Waals surface area contributed by atoms with Gasteiger partial charge >= 0.3 is 12.4 Å². The summed E-state index contributed by atoms with van der Waals surface area (Å²) in [7, 11) is 0. The molecular weight excluding hydrogens is 386 g/mol. The van der Waals surface area contributed by atoms with Crippen LogP contribution in [-0.2, 0) is 5.41 Å². The van der Waals surface area contributed by atoms with Gasteiger partial charge in [0.05, 0.1) is 9.85 Å². The average molecular weight is 394 g/mol. The molecule has 0 N–H and O–H groups in total. The summed E-state index contributed by atoms with van der Waals surface area (Å²) < 4.78 is 83.1. The smallest absolute Gasteiger partial charge is 0.258 e. The van der Waals surface area contributed by atoms with E-state index in [0.29, 0.717) is 24.3 Å². The molecule has 0 saturated heterocycles. The van der Waals surface area contributed by atoms with E-state index in [9.17, 15) is 46.6 Å². The van der Waals surface area contributed by atoms with E-state index in [4.69, 9.17) is 0 Å². The molecular formula is C15H8F6N2O4. The van der Waals surface area contributed by atoms with Gasteiger partial charge in [0, 0.05) is 24.3 Å². The molecule has 0 spiro atoms. The van der Waals surface area contributed by atoms with Crippen molar-refractivity contribution in [2.24, 2.45) is 0 Å². The first-order valence-corrected chi connectivity index (χ1v) is 6.95. The fourth-order valence-corrected chi connectivity index (χ4v) is 2.69. The van der Waals surface area contributed by atoms with Crippen LogP contribution in [0.2, 0.25) is 0 Å². The molecule has 0 aliphatic carbocycles. The number of non-ortho nitro benzene ring substituents is 2. The first-order valence-electron chi connectivity index (χ1n) is 6.95. The molecule has 2 rings (SSSR count). The Morgan fingerprint density at radius 2 is 1.00 bits per heavy atom. The molecule has 0 fully saturated rings. The second-order valence-electron chi connectivity index (χ2n) is 5.36. The van der Waals surface area contributed by atoms with Crippen LogP contribution in [0.4, 0.5) is 37.7 Å². The summed E-state index contributed by atoms with van der Waals surface area (Å²) in [5, 5.41) is 21.6. The lowest BCUT2D eigenvalue weighted by Gasteiger charge is -2.38. The number of nitro benzene ring substituents is 2. The van der Waals surface area contributed by atoms with Gasteiger partial charge < -0.3 is 0 Å². The van der Waals surface area contributed by atoms with E-state index in [-0.39, 0.29) is 12.1 Å². The van der Waals surface area contributed by atoms with Gasteiger partial charge in [0.25, 0.3) is 11.4 Å². The standard InChI is InChI=1S/C15H8F6N2O4/c16-14(17,18)13(15(19,20)21,9-3-1-5-11(7-9)22(24)25)10-4-2-6-12(8-10)23(26)27/h1-8H. The Labute approximate surface area is 146 Å². The summed E-state index contributed by atoms with van der Waals surface area (Å²) in [5.74, 6) is 0. The fraction of sp³-hybridized carbons (Fsp3) is 0.200. The maximum absolute atomic E-state index is 13.8. The molecule has 0 atom stereocenters. The second kappa shape index (κ2) is 6.52. The number of rotatable bonds is 4. The van der Waals surface area contributed by atoms with Crippen molar-refractivity contribution in [2.75, 3.05) is 0 Å². The molecule has 0 unspecified atom stereocenters. The van der Waals surface area contributed by atoms with Crippen molar-refractivity contribution in [1.82, 2.24) is 0 Å². The summed E-state index contributed by atoms with van der Waals surface area (Å²) in [4.78, 5) is 19.3. The predicted molar refractivity (Wildman–Crippen MR) is 79.1 cm³/mol. The zero-order valence-electron chi connectivity index (χ0n) is 12.9. The summed E-state index contributed by atoms with van der Waals surface area (Å²) >= 11 is 0. The van der Waals surface area contributed by atoms with E-state index in [2.05, 4.69) is 0 Å². The van der Waals surface area contributed by atoms with E-state index >= 15 is 0 Å². The maximum atomic E-state index is 13.8. The number of hydrogen-bond donors (Lipinski definition) is 0. The van der Waals surface area contributed by atoms with Crippen LogP contribution < -0.4 is 0 Å². The van der Waals surface area contributed by atoms with Gasteiger partial charge in [-0.15, -0.1) is 0 Å². The minimum atomic E-state index is -6.00. The monoisotopic (exact) mass is 394 g/mol. The lowest BCUT2D eigenvalue weighted by Crippen LogP contribution is -2.54. The topological polar surface area (TPSA) is 86.3 Å². The number of benzene rings is 2. The number of halogens is 6. The average Bonchev–Trinajstić information content (AvgIpc) is 2.53. The van der Waals surface area contributed by atoms with Gasteiger partial charge in [0.1, 0.15) is 0 Å². The van der Waals surface area contributed by atoms with Crippen molar-refractivity contribution >= 4 is 11.4 Å². The van der Waals surface area contributed by atoms with Crippen molar-refractivity contribution < 1.29 is 36.2 Å². The number of nitrogens with zero attached hydrogens (tertiary/aromatic N) is 2. The zero-order chi connectivity index (χ0) is 20.6. The number of nitro groups is 2. The Kier molecular flexibility index (Phi) is 4.86. The maximum Gasteiger partial charge on any atom is 0.411 e. The highest BCUT2D eigenvalue weighted by atomic mass is 19.4. The SMILES string of the molecule is O=[N+]([O-])c1cccc(C(c2cccc([N+](=O)[O-])c2)(C(F)(F)F)C(F)(F)F)c1. The van der Waals surface area contributed by atoms with E-state index in [1.807, 2.05) is 0 Å². The molecule has 6 nitrogen and oxygen atoms in total. The summed E-state index contributed by atoms with van der Waals surface area (Å²) in [6.07, 6.45) is -12.0. The Bertz CT molecular complexity index is 821. The molecule has 0 amide bonds. The van der Waals surface area contributed by atoms with Gasteiger partial charge in [-0.1, -0.05) is 24.3 Å². The number of alkyl halides is 6. The first kappa shape index (κ1) is 20.1. The lowest BCUT2D eigenvalue weighted by molar-refractivity contribution is -0.385. The molecule has 0 saturated carbocycles. The van der Waals surface area contributed by atoms with Crippen LogP contribution in [-0.4, -0.2) is 22.2 Å². The largest absolute Gasteiger partial charge is 0.411 e. The van der Waals surface area contributed by atoms with Crippen molar-refractivity contribution in [2.45, 2.75) is 17.8 Å². The predicted octanol–water partition coefficient (Wildman–Crippen LogP) is 4.91. The first-order chi connectivity index (χ1) is 12.3. The van der Waals surface area contributed by atoms with Crippen LogP contribution in [0.15, 0.2) is 48.5 Å². The zero-order valence-corrected chi connectivity index (χ0v) is 12.9. The fourth-order valence-electron chi connectivity index (χ4n) is 2.69. The summed E-state index contributed by atoms with van der Waals surface area (Å²) in [6, 6.07) is 4.00. The molecule has 0 aliphatic heterocycles. The van der Waals surface area contributed by atoms with E-state index in [1.54, 1.807) is 0 Å². The third kappa shape index (κ3) is 3.29. The third-order valence-corrected chi connectivity index (χ3v) is 3.83. The Morgan fingerprint density at radius 3 is 1.26 bits per heavy atom. The van der Waals surface area contributed by atoms with Crippen molar-refractivity contribution in [3.8, 4) is 0 Å². The van der Waals surface area contributed by atoms with Crippen LogP contribution in [0.1, 0.15) is 11.1 Å². The van der Waals surface area contributed by atoms with Gasteiger partial charge in [0.15, 0.2) is 0 Å². The van der Waals surface area contributed by atoms with Crippen LogP contribution in [0, 0.1) is 20.2 Å². The molecule has 0 aliphatic rings. The van der Waals surface area contributed by atoms with E-state index < -0.39 is 50.1 Å². The van der Waals surface area contributed by atoms with Crippen LogP contribution in [0.5, 0.6) is 0 Å². The minimum absolute atomic E-state index is 0.153. The number of hydrogen-bond acceptors (Lipinski definition) is 4. The van der Waals surface area contributed by atoms with Gasteiger partial charge in [-0.05, 0) is 11.1 Å². The Balaban J connectivity index is 2.97. The summed E-state index contributed by atoms with van der Waals surface area (Å²) in [5.41, 5.74) is -9.63. The van der Waals surface area contributed by atoms with Crippen LogP contribution in [0.25, 0.3) is 0 Å². The van der Waals surface area contributed by atoms with E-state index in [0.717, 1.165) is 12.1 Å². The molecule has 0 bridgehead atoms. The normalized spacial score (nSPS) is 12.7. The van der Waals surface area contributed by atoms with Gasteiger partial charge in [-0.2, -0.15) is 26.3 Å². The third-order valence-electron chi connectivity index (χ3n) is 3.83.